The molecule has 0 aromatic heterocycles. The summed E-state index contributed by atoms with van der Waals surface area (Å²) in [5.74, 6) is -1.06. The molecule has 0 bridgehead atoms. The third kappa shape index (κ3) is 1.23. The van der Waals surface area contributed by atoms with Crippen LogP contribution in [0.3, 0.4) is 0 Å². The molecular formula is C8H3Br2NO2. The molecule has 5 heteroatoms. The van der Waals surface area contributed by atoms with E-state index in [0.29, 0.717) is 15.7 Å². The van der Waals surface area contributed by atoms with Gasteiger partial charge in [-0.15, -0.1) is 0 Å². The van der Waals surface area contributed by atoms with Crippen LogP contribution >= 0.6 is 31.9 Å². The first-order chi connectivity index (χ1) is 6.11. The van der Waals surface area contributed by atoms with Crippen LogP contribution in [0.4, 0.5) is 5.69 Å². The van der Waals surface area contributed by atoms with Crippen molar-refractivity contribution < 1.29 is 9.59 Å². The minimum absolute atomic E-state index is 0.417. The van der Waals surface area contributed by atoms with E-state index in [1.54, 1.807) is 12.1 Å². The number of amides is 1. The second-order valence-electron chi connectivity index (χ2n) is 2.57. The fourth-order valence-electron chi connectivity index (χ4n) is 1.15. The molecule has 1 aromatic carbocycles. The van der Waals surface area contributed by atoms with Gasteiger partial charge in [0, 0.05) is 4.47 Å². The van der Waals surface area contributed by atoms with Crippen LogP contribution in [0.25, 0.3) is 0 Å². The average Bonchev–Trinajstić information content (AvgIpc) is 2.38. The van der Waals surface area contributed by atoms with Crippen LogP contribution in [0.1, 0.15) is 10.4 Å². The van der Waals surface area contributed by atoms with Gasteiger partial charge in [0.25, 0.3) is 11.7 Å². The van der Waals surface area contributed by atoms with Gasteiger partial charge in [-0.1, -0.05) is 0 Å². The maximum absolute atomic E-state index is 11.2. The molecule has 1 aliphatic rings. The Morgan fingerprint density at radius 3 is 2.54 bits per heavy atom. The fourth-order valence-corrected chi connectivity index (χ4v) is 1.93. The third-order valence-electron chi connectivity index (χ3n) is 1.78. The quantitative estimate of drug-likeness (QED) is 0.748. The number of benzene rings is 1. The highest BCUT2D eigenvalue weighted by atomic mass is 79.9. The first kappa shape index (κ1) is 8.90. The number of ketones is 1. The maximum atomic E-state index is 11.2. The summed E-state index contributed by atoms with van der Waals surface area (Å²) in [6, 6.07) is 3.34. The first-order valence-electron chi connectivity index (χ1n) is 3.45. The van der Waals surface area contributed by atoms with Gasteiger partial charge >= 0.3 is 0 Å². The van der Waals surface area contributed by atoms with E-state index in [4.69, 9.17) is 0 Å². The minimum Gasteiger partial charge on any atom is -0.317 e. The van der Waals surface area contributed by atoms with E-state index < -0.39 is 11.7 Å². The van der Waals surface area contributed by atoms with E-state index in [2.05, 4.69) is 37.2 Å². The van der Waals surface area contributed by atoms with Gasteiger partial charge in [-0.05, 0) is 44.0 Å². The predicted molar refractivity (Wildman–Crippen MR) is 54.8 cm³/mol. The summed E-state index contributed by atoms with van der Waals surface area (Å²) < 4.78 is 1.51. The molecule has 0 radical (unpaired) electrons. The molecule has 0 atom stereocenters. The number of anilines is 1. The average molecular weight is 305 g/mol. The Bertz CT molecular complexity index is 428. The molecular weight excluding hydrogens is 302 g/mol. The van der Waals surface area contributed by atoms with Gasteiger partial charge in [0.1, 0.15) is 0 Å². The normalized spacial score (nSPS) is 14.3. The molecule has 0 spiro atoms. The molecule has 1 heterocycles. The lowest BCUT2D eigenvalue weighted by molar-refractivity contribution is -0.112. The summed E-state index contributed by atoms with van der Waals surface area (Å²) in [5, 5.41) is 2.49. The number of nitrogens with one attached hydrogen (secondary N) is 1. The van der Waals surface area contributed by atoms with Crippen molar-refractivity contribution in [3.8, 4) is 0 Å². The van der Waals surface area contributed by atoms with Gasteiger partial charge in [-0.2, -0.15) is 0 Å². The molecule has 0 unspecified atom stereocenters. The molecule has 0 saturated carbocycles. The second-order valence-corrected chi connectivity index (χ2v) is 4.21. The minimum atomic E-state index is -0.575. The zero-order valence-corrected chi connectivity index (χ0v) is 9.40. The highest BCUT2D eigenvalue weighted by molar-refractivity contribution is 9.13. The monoisotopic (exact) mass is 303 g/mol. The molecule has 1 aliphatic heterocycles. The summed E-state index contributed by atoms with van der Waals surface area (Å²) in [6.45, 7) is 0. The molecule has 1 aromatic rings. The fraction of sp³-hybridized carbons (Fsp3) is 0. The number of hydrogen-bond donors (Lipinski definition) is 1. The number of hydrogen-bond acceptors (Lipinski definition) is 2. The number of halogens is 2. The topological polar surface area (TPSA) is 46.2 Å². The molecule has 13 heavy (non-hydrogen) atoms. The Labute approximate surface area is 90.8 Å². The molecule has 2 rings (SSSR count). The second kappa shape index (κ2) is 2.92. The van der Waals surface area contributed by atoms with Crippen molar-refractivity contribution in [1.82, 2.24) is 0 Å². The maximum Gasteiger partial charge on any atom is 0.296 e. The van der Waals surface area contributed by atoms with E-state index in [1.165, 1.54) is 0 Å². The van der Waals surface area contributed by atoms with Crippen molar-refractivity contribution >= 4 is 49.2 Å². The van der Waals surface area contributed by atoms with Gasteiger partial charge < -0.3 is 5.32 Å². The Morgan fingerprint density at radius 1 is 1.15 bits per heavy atom. The highest BCUT2D eigenvalue weighted by Crippen LogP contribution is 2.36. The van der Waals surface area contributed by atoms with Crippen LogP contribution in [0.15, 0.2) is 21.1 Å². The number of carbonyl (C=O) groups is 2. The van der Waals surface area contributed by atoms with Crippen LogP contribution < -0.4 is 5.32 Å². The Balaban J connectivity index is 2.70. The predicted octanol–water partition coefficient (Wildman–Crippen LogP) is 2.35. The van der Waals surface area contributed by atoms with Crippen molar-refractivity contribution in [3.63, 3.8) is 0 Å². The Morgan fingerprint density at radius 2 is 1.85 bits per heavy atom. The van der Waals surface area contributed by atoms with Crippen molar-refractivity contribution in [2.24, 2.45) is 0 Å². The van der Waals surface area contributed by atoms with Crippen LogP contribution in [0.5, 0.6) is 0 Å². The standard InChI is InChI=1S/C8H3Br2NO2/c9-4-2-1-3-6(5(4)10)11-8(13)7(3)12/h1-2H,(H,11,12,13). The summed E-state index contributed by atoms with van der Waals surface area (Å²) in [5.41, 5.74) is 0.962. The van der Waals surface area contributed by atoms with E-state index in [9.17, 15) is 9.59 Å². The lowest BCUT2D eigenvalue weighted by Crippen LogP contribution is -2.12. The van der Waals surface area contributed by atoms with Crippen molar-refractivity contribution in [1.29, 1.82) is 0 Å². The van der Waals surface area contributed by atoms with Crippen LogP contribution in [-0.2, 0) is 4.79 Å². The van der Waals surface area contributed by atoms with Crippen molar-refractivity contribution in [2.75, 3.05) is 5.32 Å². The molecule has 66 valence electrons. The van der Waals surface area contributed by atoms with Gasteiger partial charge in [-0.25, -0.2) is 0 Å². The van der Waals surface area contributed by atoms with Crippen LogP contribution in [0, 0.1) is 0 Å². The SMILES string of the molecule is O=C1Nc2c(ccc(Br)c2Br)C1=O. The summed E-state index contributed by atoms with van der Waals surface area (Å²) in [7, 11) is 0. The van der Waals surface area contributed by atoms with E-state index in [0.717, 1.165) is 4.47 Å². The summed E-state index contributed by atoms with van der Waals surface area (Å²) >= 11 is 6.55. The number of rotatable bonds is 0. The van der Waals surface area contributed by atoms with Gasteiger partial charge in [-0.3, -0.25) is 9.59 Å². The van der Waals surface area contributed by atoms with Gasteiger partial charge in [0.05, 0.1) is 15.7 Å². The molecule has 3 nitrogen and oxygen atoms in total. The van der Waals surface area contributed by atoms with Crippen molar-refractivity contribution in [3.05, 3.63) is 26.6 Å². The van der Waals surface area contributed by atoms with Crippen molar-refractivity contribution in [2.45, 2.75) is 0 Å². The Kier molecular flexibility index (Phi) is 2.00. The molecule has 0 aliphatic carbocycles. The number of fused-ring (bicyclic) bond motifs is 1. The smallest absolute Gasteiger partial charge is 0.296 e. The number of Topliss-reactive ketones (excluding diaryl/α,β-unsaturated/α-hetero) is 1. The largest absolute Gasteiger partial charge is 0.317 e. The number of carbonyl (C=O) groups excluding carboxylic acids is 2. The van der Waals surface area contributed by atoms with Gasteiger partial charge in [0.2, 0.25) is 0 Å². The third-order valence-corrected chi connectivity index (χ3v) is 3.80. The van der Waals surface area contributed by atoms with E-state index in [1.807, 2.05) is 0 Å². The zero-order valence-electron chi connectivity index (χ0n) is 6.23. The molecule has 1 amide bonds. The van der Waals surface area contributed by atoms with E-state index in [-0.39, 0.29) is 0 Å². The molecule has 0 saturated heterocycles. The summed E-state index contributed by atoms with van der Waals surface area (Å²) in [6.07, 6.45) is 0. The van der Waals surface area contributed by atoms with Gasteiger partial charge in [0.15, 0.2) is 0 Å². The lowest BCUT2D eigenvalue weighted by Gasteiger charge is -2.01. The zero-order chi connectivity index (χ0) is 9.59. The summed E-state index contributed by atoms with van der Waals surface area (Å²) in [4.78, 5) is 22.2. The van der Waals surface area contributed by atoms with Crippen LogP contribution in [-0.4, -0.2) is 11.7 Å². The highest BCUT2D eigenvalue weighted by Gasteiger charge is 2.29. The first-order valence-corrected chi connectivity index (χ1v) is 5.03. The van der Waals surface area contributed by atoms with Crippen LogP contribution in [0.2, 0.25) is 0 Å². The molecule has 1 N–H and O–H groups in total. The molecule has 0 fully saturated rings. The lowest BCUT2D eigenvalue weighted by atomic mass is 10.1. The van der Waals surface area contributed by atoms with E-state index >= 15 is 0 Å². The Hall–Kier alpha value is -0.680.